The molecule has 2 fully saturated rings. The number of carbonyl (C=O) groups excluding carboxylic acids is 8. The Hall–Kier alpha value is -4.95. The number of nitrogens with two attached hydrogens (primary N) is 1. The molecule has 21 nitrogen and oxygen atoms in total. The van der Waals surface area contributed by atoms with Crippen LogP contribution in [0.4, 0.5) is 0 Å². The van der Waals surface area contributed by atoms with Crippen LogP contribution in [0.2, 0.25) is 0 Å². The van der Waals surface area contributed by atoms with Crippen LogP contribution in [-0.2, 0) is 60.5 Å². The molecule has 0 radical (unpaired) electrons. The van der Waals surface area contributed by atoms with Gasteiger partial charge in [0.25, 0.3) is 5.91 Å². The lowest BCUT2D eigenvalue weighted by Crippen LogP contribution is -2.59. The number of benzene rings is 1. The highest BCUT2D eigenvalue weighted by Gasteiger charge is 2.49. The van der Waals surface area contributed by atoms with E-state index in [2.05, 4.69) is 36.4 Å². The van der Waals surface area contributed by atoms with Crippen LogP contribution in [0.15, 0.2) is 24.3 Å². The molecular weight excluding hydrogens is 805 g/mol. The van der Waals surface area contributed by atoms with Gasteiger partial charge in [0.1, 0.15) is 36.3 Å². The molecule has 6 atom stereocenters. The van der Waals surface area contributed by atoms with E-state index < -0.39 is 85.4 Å². The summed E-state index contributed by atoms with van der Waals surface area (Å²) < 4.78 is 15.7. The Morgan fingerprint density at radius 1 is 0.850 bits per heavy atom. The molecule has 60 heavy (non-hydrogen) atoms. The summed E-state index contributed by atoms with van der Waals surface area (Å²) >= 11 is 0. The summed E-state index contributed by atoms with van der Waals surface area (Å²) in [7, 11) is -4.72. The van der Waals surface area contributed by atoms with E-state index in [1.54, 1.807) is 44.8 Å². The first-order valence-corrected chi connectivity index (χ1v) is 21.5. The van der Waals surface area contributed by atoms with E-state index in [4.69, 9.17) is 15.5 Å². The fourth-order valence-electron chi connectivity index (χ4n) is 6.74. The lowest BCUT2D eigenvalue weighted by Gasteiger charge is -2.29. The van der Waals surface area contributed by atoms with Crippen LogP contribution < -0.4 is 37.6 Å². The van der Waals surface area contributed by atoms with Gasteiger partial charge < -0.3 is 47.4 Å². The Balaban J connectivity index is 1.71. The largest absolute Gasteiger partial charge is 0.469 e. The lowest BCUT2D eigenvalue weighted by atomic mass is 9.99. The van der Waals surface area contributed by atoms with Crippen LogP contribution in [-0.4, -0.2) is 123 Å². The Kier molecular flexibility index (Phi) is 18.6. The highest BCUT2D eigenvalue weighted by atomic mass is 31.2. The van der Waals surface area contributed by atoms with Crippen molar-refractivity contribution in [1.82, 2.24) is 41.9 Å². The highest BCUT2D eigenvalue weighted by molar-refractivity contribution is 7.46. The van der Waals surface area contributed by atoms with Crippen molar-refractivity contribution in [1.29, 1.82) is 0 Å². The SMILES string of the molecule is CC(=O)NCCCCCC(=O)N[C@@H](C)C(=O)N[C@@H](Cc1ccc(COP(=O)(O)O)cc1)C(=O)NC1CN2CCC(C(=O)N[C@H](C(=O)N[C@H](C(N)=O)C(C)C)C(C)C)N2C1=O. The van der Waals surface area contributed by atoms with E-state index in [0.29, 0.717) is 36.9 Å². The van der Waals surface area contributed by atoms with Gasteiger partial charge in [0, 0.05) is 39.4 Å². The van der Waals surface area contributed by atoms with Crippen molar-refractivity contribution in [2.45, 2.75) is 123 Å². The zero-order valence-electron chi connectivity index (χ0n) is 34.9. The first kappa shape index (κ1) is 49.4. The fourth-order valence-corrected chi connectivity index (χ4v) is 7.05. The van der Waals surface area contributed by atoms with E-state index in [0.717, 1.165) is 0 Å². The molecule has 0 aliphatic carbocycles. The average molecular weight is 866 g/mol. The van der Waals surface area contributed by atoms with Gasteiger partial charge in [-0.05, 0) is 49.1 Å². The highest BCUT2D eigenvalue weighted by Crippen LogP contribution is 2.37. The first-order chi connectivity index (χ1) is 28.1. The van der Waals surface area contributed by atoms with E-state index in [9.17, 15) is 42.9 Å². The first-order valence-electron chi connectivity index (χ1n) is 20.0. The second-order valence-corrected chi connectivity index (χ2v) is 17.0. The van der Waals surface area contributed by atoms with Crippen LogP contribution in [0.1, 0.15) is 84.8 Å². The van der Waals surface area contributed by atoms with Crippen molar-refractivity contribution in [3.63, 3.8) is 0 Å². The van der Waals surface area contributed by atoms with E-state index in [1.165, 1.54) is 31.0 Å². The number of hydrogen-bond acceptors (Lipinski definition) is 11. The average Bonchev–Trinajstić information content (AvgIpc) is 3.71. The number of nitrogens with one attached hydrogen (secondary N) is 6. The van der Waals surface area contributed by atoms with E-state index >= 15 is 0 Å². The molecule has 2 aliphatic rings. The number of phosphoric ester groups is 1. The van der Waals surface area contributed by atoms with Crippen molar-refractivity contribution < 1.29 is 57.2 Å². The summed E-state index contributed by atoms with van der Waals surface area (Å²) in [5.41, 5.74) is 6.42. The Labute approximate surface area is 349 Å². The molecule has 2 unspecified atom stereocenters. The molecule has 22 heteroatoms. The third-order valence-electron chi connectivity index (χ3n) is 10.0. The molecule has 1 aromatic rings. The number of rotatable bonds is 23. The van der Waals surface area contributed by atoms with Gasteiger partial charge >= 0.3 is 7.82 Å². The maximum atomic E-state index is 13.9. The molecule has 2 saturated heterocycles. The molecular formula is C38H60N9O12P. The van der Waals surface area contributed by atoms with Gasteiger partial charge in [-0.15, -0.1) is 0 Å². The zero-order chi connectivity index (χ0) is 44.9. The molecule has 10 N–H and O–H groups in total. The van der Waals surface area contributed by atoms with Gasteiger partial charge in [-0.1, -0.05) is 58.4 Å². The molecule has 0 bridgehead atoms. The van der Waals surface area contributed by atoms with Gasteiger partial charge in [0.15, 0.2) is 0 Å². The quantitative estimate of drug-likeness (QED) is 0.0453. The molecule has 3 rings (SSSR count). The van der Waals surface area contributed by atoms with Crippen molar-refractivity contribution in [3.05, 3.63) is 35.4 Å². The Morgan fingerprint density at radius 2 is 1.48 bits per heavy atom. The Bertz CT molecular complexity index is 1770. The van der Waals surface area contributed by atoms with Crippen molar-refractivity contribution in [2.24, 2.45) is 17.6 Å². The van der Waals surface area contributed by atoms with Crippen LogP contribution >= 0.6 is 7.82 Å². The Morgan fingerprint density at radius 3 is 2.07 bits per heavy atom. The number of hydrazine groups is 1. The predicted molar refractivity (Wildman–Crippen MR) is 215 cm³/mol. The number of hydrogen-bond donors (Lipinski definition) is 9. The van der Waals surface area contributed by atoms with Gasteiger partial charge in [-0.25, -0.2) is 9.57 Å². The van der Waals surface area contributed by atoms with Crippen molar-refractivity contribution in [2.75, 3.05) is 19.6 Å². The van der Waals surface area contributed by atoms with Crippen molar-refractivity contribution >= 4 is 55.1 Å². The summed E-state index contributed by atoms with van der Waals surface area (Å²) in [5.74, 6) is -5.16. The van der Waals surface area contributed by atoms with E-state index in [-0.39, 0.29) is 56.7 Å². The molecule has 1 aromatic carbocycles. The van der Waals surface area contributed by atoms with Crippen LogP contribution in [0.3, 0.4) is 0 Å². The number of fused-ring (bicyclic) bond motifs is 1. The third kappa shape index (κ3) is 15.3. The topological polar surface area (TPSA) is 308 Å². The maximum Gasteiger partial charge on any atom is 0.469 e. The van der Waals surface area contributed by atoms with E-state index in [1.807, 2.05) is 0 Å². The van der Waals surface area contributed by atoms with Gasteiger partial charge in [0.05, 0.1) is 6.61 Å². The molecule has 2 aliphatic heterocycles. The summed E-state index contributed by atoms with van der Waals surface area (Å²) in [5, 5.41) is 18.8. The fraction of sp³-hybridized carbons (Fsp3) is 0.632. The molecule has 2 heterocycles. The van der Waals surface area contributed by atoms with Crippen LogP contribution in [0, 0.1) is 11.8 Å². The lowest BCUT2D eigenvalue weighted by molar-refractivity contribution is -0.146. The molecule has 0 aromatic heterocycles. The number of carbonyl (C=O) groups is 8. The minimum atomic E-state index is -4.72. The summed E-state index contributed by atoms with van der Waals surface area (Å²) in [4.78, 5) is 122. The standard InChI is InChI=1S/C38H60N9O12P/c1-21(2)31(33(39)50)44-37(54)32(22(3)4)45-36(53)29-15-17-46-19-28(38(55)47(29)46)43-35(52)27(18-25-11-13-26(14-12-25)20-59-60(56,57)58)42-34(51)23(5)41-30(49)10-8-7-9-16-40-24(6)48/h11-14,21-23,27-29,31-32H,7-10,15-20H2,1-6H3,(H2,39,50)(H,40,48)(H,41,49)(H,42,51)(H,43,52)(H,44,54)(H,45,53)(H2,56,57,58)/t23-,27-,28?,29?,31-,32-/m0/s1. The molecule has 8 amide bonds. The normalized spacial score (nSPS) is 18.6. The van der Waals surface area contributed by atoms with Gasteiger partial charge in [-0.3, -0.25) is 47.9 Å². The number of unbranched alkanes of at least 4 members (excludes halogenated alkanes) is 2. The number of nitrogens with zero attached hydrogens (tertiary/aromatic N) is 2. The molecule has 334 valence electrons. The van der Waals surface area contributed by atoms with Gasteiger partial charge in [0.2, 0.25) is 41.4 Å². The number of phosphoric acid groups is 1. The third-order valence-corrected chi connectivity index (χ3v) is 10.5. The molecule has 0 saturated carbocycles. The minimum absolute atomic E-state index is 0.0172. The second-order valence-electron chi connectivity index (χ2n) is 15.8. The monoisotopic (exact) mass is 865 g/mol. The summed E-state index contributed by atoms with van der Waals surface area (Å²) in [6, 6.07) is -0.228. The maximum absolute atomic E-state index is 13.9. The van der Waals surface area contributed by atoms with Crippen LogP contribution in [0.25, 0.3) is 0 Å². The predicted octanol–water partition coefficient (Wildman–Crippen LogP) is -1.39. The smallest absolute Gasteiger partial charge is 0.368 e. The second kappa shape index (κ2) is 22.6. The van der Waals surface area contributed by atoms with Crippen molar-refractivity contribution in [3.8, 4) is 0 Å². The summed E-state index contributed by atoms with van der Waals surface area (Å²) in [6.07, 6.45) is 2.17. The van der Waals surface area contributed by atoms with Crippen LogP contribution in [0.5, 0.6) is 0 Å². The minimum Gasteiger partial charge on any atom is -0.368 e. The number of amides is 8. The molecule has 0 spiro atoms. The summed E-state index contributed by atoms with van der Waals surface area (Å²) in [6.45, 7) is 10.1. The zero-order valence-corrected chi connectivity index (χ0v) is 35.8. The van der Waals surface area contributed by atoms with Gasteiger partial charge in [-0.2, -0.15) is 0 Å². The number of primary amides is 1.